The number of ether oxygens (including phenoxy) is 1. The minimum absolute atomic E-state index is 0.149. The molecule has 1 unspecified atom stereocenters. The summed E-state index contributed by atoms with van der Waals surface area (Å²) < 4.78 is 21.4. The number of piperazine rings is 1. The number of nitrogens with two attached hydrogens (primary N) is 1. The molecule has 3 aliphatic rings. The number of hydrogen-bond donors (Lipinski definition) is 1. The molecule has 33 heavy (non-hydrogen) atoms. The minimum Gasteiger partial charge on any atom is -0.474 e. The van der Waals surface area contributed by atoms with Gasteiger partial charge in [0.2, 0.25) is 5.91 Å². The van der Waals surface area contributed by atoms with Gasteiger partial charge in [0.1, 0.15) is 24.6 Å². The van der Waals surface area contributed by atoms with E-state index < -0.39 is 12.0 Å². The fourth-order valence-electron chi connectivity index (χ4n) is 5.35. The van der Waals surface area contributed by atoms with E-state index in [9.17, 15) is 14.0 Å². The van der Waals surface area contributed by atoms with Gasteiger partial charge in [-0.2, -0.15) is 0 Å². The van der Waals surface area contributed by atoms with Crippen LogP contribution in [0.5, 0.6) is 5.75 Å². The van der Waals surface area contributed by atoms with Crippen LogP contribution in [0.15, 0.2) is 36.4 Å². The van der Waals surface area contributed by atoms with Crippen molar-refractivity contribution in [3.05, 3.63) is 47.8 Å². The first kappa shape index (κ1) is 21.9. The third-order valence-corrected chi connectivity index (χ3v) is 7.28. The van der Waals surface area contributed by atoms with Gasteiger partial charge in [-0.15, -0.1) is 0 Å². The van der Waals surface area contributed by atoms with E-state index >= 15 is 0 Å². The number of benzene rings is 2. The smallest absolute Gasteiger partial charge is 0.258 e. The molecule has 2 aromatic carbocycles. The third-order valence-electron chi connectivity index (χ3n) is 7.28. The number of rotatable bonds is 4. The highest BCUT2D eigenvalue weighted by atomic mass is 19.1. The molecule has 5 rings (SSSR count). The second-order valence-electron chi connectivity index (χ2n) is 9.34. The van der Waals surface area contributed by atoms with Crippen molar-refractivity contribution in [2.24, 2.45) is 5.73 Å². The van der Waals surface area contributed by atoms with Gasteiger partial charge in [-0.25, -0.2) is 4.39 Å². The molecule has 0 aliphatic carbocycles. The van der Waals surface area contributed by atoms with Crippen LogP contribution in [0, 0.1) is 5.82 Å². The van der Waals surface area contributed by atoms with Crippen molar-refractivity contribution in [2.45, 2.75) is 31.8 Å². The van der Waals surface area contributed by atoms with Crippen LogP contribution in [0.25, 0.3) is 0 Å². The van der Waals surface area contributed by atoms with Crippen molar-refractivity contribution < 1.29 is 18.7 Å². The first-order chi connectivity index (χ1) is 15.9. The van der Waals surface area contributed by atoms with Gasteiger partial charge >= 0.3 is 0 Å². The summed E-state index contributed by atoms with van der Waals surface area (Å²) in [4.78, 5) is 28.1. The number of aryl methyl sites for hydroxylation is 1. The van der Waals surface area contributed by atoms with Crippen molar-refractivity contribution in [1.82, 2.24) is 9.38 Å². The molecule has 2 fully saturated rings. The number of carbonyl (C=O) groups is 2. The Labute approximate surface area is 193 Å². The number of quaternary nitrogens is 1. The van der Waals surface area contributed by atoms with E-state index in [0.717, 1.165) is 61.8 Å². The number of hydrogen-bond acceptors (Lipinski definition) is 4. The molecule has 1 atom stereocenters. The Balaban J connectivity index is 1.60. The van der Waals surface area contributed by atoms with Crippen LogP contribution in [0.1, 0.15) is 24.8 Å². The maximum absolute atomic E-state index is 14.8. The predicted molar refractivity (Wildman–Crippen MR) is 125 cm³/mol. The quantitative estimate of drug-likeness (QED) is 0.723. The number of primary amides is 1. The Morgan fingerprint density at radius 1 is 1.12 bits per heavy atom. The van der Waals surface area contributed by atoms with E-state index in [1.54, 1.807) is 6.07 Å². The molecule has 0 spiro atoms. The van der Waals surface area contributed by atoms with E-state index in [1.807, 2.05) is 29.2 Å². The Morgan fingerprint density at radius 2 is 1.85 bits per heavy atom. The summed E-state index contributed by atoms with van der Waals surface area (Å²) in [7, 11) is 2.08. The molecule has 7 nitrogen and oxygen atoms in total. The lowest BCUT2D eigenvalue weighted by Crippen LogP contribution is -2.57. The highest BCUT2D eigenvalue weighted by Crippen LogP contribution is 2.46. The predicted octanol–water partition coefficient (Wildman–Crippen LogP) is 2.72. The van der Waals surface area contributed by atoms with Crippen LogP contribution >= 0.6 is 0 Å². The first-order valence-electron chi connectivity index (χ1n) is 11.6. The molecule has 2 N–H and O–H groups in total. The largest absolute Gasteiger partial charge is 0.474 e. The van der Waals surface area contributed by atoms with Gasteiger partial charge in [-0.3, -0.25) is 19.0 Å². The van der Waals surface area contributed by atoms with Crippen LogP contribution < -0.4 is 19.9 Å². The third kappa shape index (κ3) is 3.87. The Bertz CT molecular complexity index is 1080. The lowest BCUT2D eigenvalue weighted by atomic mass is 9.98. The van der Waals surface area contributed by atoms with Gasteiger partial charge in [0.05, 0.1) is 0 Å². The maximum atomic E-state index is 14.8. The Kier molecular flexibility index (Phi) is 5.58. The van der Waals surface area contributed by atoms with Gasteiger partial charge in [-0.1, -0.05) is 0 Å². The zero-order chi connectivity index (χ0) is 23.2. The van der Waals surface area contributed by atoms with Crippen molar-refractivity contribution >= 4 is 28.9 Å². The standard InChI is InChI=1S/C25H29FN4O3/c1-28-11-13-30(14-12-28,20-7-5-19(6-8-20)29-10-2-3-23(29)31)21-16-18(26)15-17-4-9-22(25(27)32)33-24(17)21/h5-8,15-16,22H,2-4,9-14H2,1H3,(H-,27,32)/p+1. The fourth-order valence-corrected chi connectivity index (χ4v) is 5.35. The molecule has 8 heteroatoms. The van der Waals surface area contributed by atoms with E-state index in [2.05, 4.69) is 11.9 Å². The lowest BCUT2D eigenvalue weighted by Gasteiger charge is -2.44. The molecule has 174 valence electrons. The summed E-state index contributed by atoms with van der Waals surface area (Å²) in [5.74, 6) is -0.0767. The summed E-state index contributed by atoms with van der Waals surface area (Å²) in [6.45, 7) is 3.87. The highest BCUT2D eigenvalue weighted by Gasteiger charge is 2.42. The SMILES string of the molecule is CN1CC[N+](c2ccc(N3CCCC3=O)cc2)(c2cc(F)cc3c2OC(C(N)=O)CC3)CC1. The lowest BCUT2D eigenvalue weighted by molar-refractivity contribution is -0.125. The molecular formula is C25H30FN4O3+. The summed E-state index contributed by atoms with van der Waals surface area (Å²) >= 11 is 0. The number of amides is 2. The normalized spacial score (nSPS) is 22.7. The number of fused-ring (bicyclic) bond motifs is 1. The van der Waals surface area contributed by atoms with Crippen LogP contribution in [0.4, 0.5) is 21.5 Å². The second-order valence-corrected chi connectivity index (χ2v) is 9.34. The molecule has 0 bridgehead atoms. The van der Waals surface area contributed by atoms with Crippen LogP contribution in [0.2, 0.25) is 0 Å². The van der Waals surface area contributed by atoms with Crippen molar-refractivity contribution in [1.29, 1.82) is 0 Å². The van der Waals surface area contributed by atoms with Gasteiger partial charge in [0.15, 0.2) is 17.5 Å². The van der Waals surface area contributed by atoms with E-state index in [4.69, 9.17) is 10.5 Å². The van der Waals surface area contributed by atoms with Gasteiger partial charge in [0.25, 0.3) is 5.91 Å². The fraction of sp³-hybridized carbons (Fsp3) is 0.440. The molecular weight excluding hydrogens is 423 g/mol. The molecule has 2 aromatic rings. The van der Waals surface area contributed by atoms with Crippen molar-refractivity contribution in [2.75, 3.05) is 44.7 Å². The van der Waals surface area contributed by atoms with Crippen LogP contribution in [0.3, 0.4) is 0 Å². The van der Waals surface area contributed by atoms with Gasteiger partial charge < -0.3 is 15.4 Å². The van der Waals surface area contributed by atoms with E-state index in [1.165, 1.54) is 6.07 Å². The molecule has 3 heterocycles. The van der Waals surface area contributed by atoms with Crippen LogP contribution in [-0.2, 0) is 16.0 Å². The molecule has 2 saturated heterocycles. The Morgan fingerprint density at radius 3 is 2.48 bits per heavy atom. The summed E-state index contributed by atoms with van der Waals surface area (Å²) in [5, 5.41) is 0. The second kappa shape index (κ2) is 8.43. The zero-order valence-corrected chi connectivity index (χ0v) is 18.9. The topological polar surface area (TPSA) is 75.9 Å². The molecule has 0 aromatic heterocycles. The number of anilines is 1. The number of likely N-dealkylation sites (N-methyl/N-ethyl adjacent to an activating group) is 1. The first-order valence-corrected chi connectivity index (χ1v) is 11.6. The van der Waals surface area contributed by atoms with E-state index in [0.29, 0.717) is 29.5 Å². The molecule has 0 saturated carbocycles. The van der Waals surface area contributed by atoms with Gasteiger partial charge in [0, 0.05) is 55.5 Å². The maximum Gasteiger partial charge on any atom is 0.258 e. The highest BCUT2D eigenvalue weighted by molar-refractivity contribution is 5.95. The molecule has 3 aliphatic heterocycles. The monoisotopic (exact) mass is 453 g/mol. The summed E-state index contributed by atoms with van der Waals surface area (Å²) in [6.07, 6.45) is 1.75. The Hall–Kier alpha value is -2.97. The average Bonchev–Trinajstić information content (AvgIpc) is 3.25. The van der Waals surface area contributed by atoms with Gasteiger partial charge in [-0.05, 0) is 44.5 Å². The number of halogens is 1. The number of carbonyl (C=O) groups excluding carboxylic acids is 2. The van der Waals surface area contributed by atoms with E-state index in [-0.39, 0.29) is 11.7 Å². The van der Waals surface area contributed by atoms with Crippen molar-refractivity contribution in [3.8, 4) is 5.75 Å². The van der Waals surface area contributed by atoms with Crippen LogP contribution in [-0.4, -0.2) is 62.6 Å². The minimum atomic E-state index is -0.710. The van der Waals surface area contributed by atoms with Crippen molar-refractivity contribution in [3.63, 3.8) is 0 Å². The number of nitrogens with zero attached hydrogens (tertiary/aromatic N) is 3. The molecule has 0 radical (unpaired) electrons. The zero-order valence-electron chi connectivity index (χ0n) is 18.9. The molecule has 2 amide bonds. The summed E-state index contributed by atoms with van der Waals surface area (Å²) in [6, 6.07) is 11.1. The summed E-state index contributed by atoms with van der Waals surface area (Å²) in [5.41, 5.74) is 8.96. The average molecular weight is 454 g/mol.